The second-order valence-electron chi connectivity index (χ2n) is 4.19. The SMILES string of the molecule is O=c1[nH]cnc2c(O)cc(N3CCOCC3)cc12. The van der Waals surface area contributed by atoms with Crippen molar-refractivity contribution in [2.24, 2.45) is 0 Å². The molecule has 0 unspecified atom stereocenters. The second-order valence-corrected chi connectivity index (χ2v) is 4.19. The van der Waals surface area contributed by atoms with Gasteiger partial charge < -0.3 is 19.7 Å². The lowest BCUT2D eigenvalue weighted by Gasteiger charge is -2.29. The zero-order valence-electron chi connectivity index (χ0n) is 9.72. The summed E-state index contributed by atoms with van der Waals surface area (Å²) in [5, 5.41) is 10.3. The van der Waals surface area contributed by atoms with E-state index in [0.717, 1.165) is 18.8 Å². The molecule has 2 N–H and O–H groups in total. The highest BCUT2D eigenvalue weighted by Crippen LogP contribution is 2.27. The van der Waals surface area contributed by atoms with E-state index < -0.39 is 0 Å². The minimum Gasteiger partial charge on any atom is -0.506 e. The Hall–Kier alpha value is -2.08. The number of ether oxygens (including phenoxy) is 1. The van der Waals surface area contributed by atoms with Crippen molar-refractivity contribution < 1.29 is 9.84 Å². The summed E-state index contributed by atoms with van der Waals surface area (Å²) >= 11 is 0. The summed E-state index contributed by atoms with van der Waals surface area (Å²) in [4.78, 5) is 20.3. The summed E-state index contributed by atoms with van der Waals surface area (Å²) in [6.07, 6.45) is 1.29. The number of rotatable bonds is 1. The number of phenolic OH excluding ortho intramolecular Hbond substituents is 1. The number of fused-ring (bicyclic) bond motifs is 1. The van der Waals surface area contributed by atoms with E-state index >= 15 is 0 Å². The Labute approximate surface area is 103 Å². The highest BCUT2D eigenvalue weighted by Gasteiger charge is 2.14. The molecule has 3 rings (SSSR count). The molecule has 2 heterocycles. The Morgan fingerprint density at radius 2 is 2.11 bits per heavy atom. The molecular formula is C12H13N3O3. The van der Waals surface area contributed by atoms with Gasteiger partial charge in [-0.25, -0.2) is 4.98 Å². The summed E-state index contributed by atoms with van der Waals surface area (Å²) in [7, 11) is 0. The number of H-pyrrole nitrogens is 1. The number of morpholine rings is 1. The van der Waals surface area contributed by atoms with E-state index in [2.05, 4.69) is 14.9 Å². The molecular weight excluding hydrogens is 234 g/mol. The van der Waals surface area contributed by atoms with Crippen LogP contribution in [0.5, 0.6) is 5.75 Å². The number of benzene rings is 1. The molecule has 0 radical (unpaired) electrons. The minimum atomic E-state index is -0.245. The van der Waals surface area contributed by atoms with Crippen LogP contribution in [0.1, 0.15) is 0 Å². The van der Waals surface area contributed by atoms with Gasteiger partial charge in [-0.3, -0.25) is 4.79 Å². The van der Waals surface area contributed by atoms with Crippen LogP contribution in [0.3, 0.4) is 0 Å². The van der Waals surface area contributed by atoms with Crippen molar-refractivity contribution in [3.8, 4) is 5.75 Å². The van der Waals surface area contributed by atoms with Crippen molar-refractivity contribution in [3.63, 3.8) is 0 Å². The maximum Gasteiger partial charge on any atom is 0.258 e. The fourth-order valence-corrected chi connectivity index (χ4v) is 2.15. The van der Waals surface area contributed by atoms with Gasteiger partial charge in [-0.1, -0.05) is 0 Å². The van der Waals surface area contributed by atoms with Crippen LogP contribution in [-0.2, 0) is 4.74 Å². The molecule has 2 aromatic rings. The lowest BCUT2D eigenvalue weighted by molar-refractivity contribution is 0.122. The molecule has 0 bridgehead atoms. The van der Waals surface area contributed by atoms with Crippen LogP contribution in [0, 0.1) is 0 Å². The number of anilines is 1. The molecule has 1 aromatic heterocycles. The molecule has 0 saturated carbocycles. The van der Waals surface area contributed by atoms with Gasteiger partial charge in [0.1, 0.15) is 11.3 Å². The van der Waals surface area contributed by atoms with E-state index in [4.69, 9.17) is 4.74 Å². The monoisotopic (exact) mass is 247 g/mol. The number of nitrogens with one attached hydrogen (secondary N) is 1. The van der Waals surface area contributed by atoms with E-state index in [0.29, 0.717) is 24.1 Å². The van der Waals surface area contributed by atoms with Crippen LogP contribution < -0.4 is 10.5 Å². The maximum absolute atomic E-state index is 11.7. The highest BCUT2D eigenvalue weighted by molar-refractivity contribution is 5.87. The number of nitrogens with zero attached hydrogens (tertiary/aromatic N) is 2. The fourth-order valence-electron chi connectivity index (χ4n) is 2.15. The first-order valence-electron chi connectivity index (χ1n) is 5.79. The van der Waals surface area contributed by atoms with Crippen molar-refractivity contribution in [1.29, 1.82) is 0 Å². The predicted molar refractivity (Wildman–Crippen MR) is 67.1 cm³/mol. The van der Waals surface area contributed by atoms with Gasteiger partial charge in [0, 0.05) is 24.8 Å². The highest BCUT2D eigenvalue weighted by atomic mass is 16.5. The molecule has 0 aliphatic carbocycles. The quantitative estimate of drug-likeness (QED) is 0.765. The van der Waals surface area contributed by atoms with Crippen molar-refractivity contribution in [3.05, 3.63) is 28.8 Å². The first-order chi connectivity index (χ1) is 8.75. The van der Waals surface area contributed by atoms with Crippen LogP contribution in [0.4, 0.5) is 5.69 Å². The third-order valence-corrected chi connectivity index (χ3v) is 3.08. The number of aromatic nitrogens is 2. The molecule has 0 atom stereocenters. The molecule has 1 aromatic carbocycles. The third-order valence-electron chi connectivity index (χ3n) is 3.08. The standard InChI is InChI=1S/C12H13N3O3/c16-10-6-8(15-1-3-18-4-2-15)5-9-11(10)13-7-14-12(9)17/h5-7,16H,1-4H2,(H,13,14,17). The normalized spacial score (nSPS) is 16.1. The lowest BCUT2D eigenvalue weighted by atomic mass is 10.2. The van der Waals surface area contributed by atoms with Crippen LogP contribution in [0.2, 0.25) is 0 Å². The summed E-state index contributed by atoms with van der Waals surface area (Å²) in [5.74, 6) is 0.0279. The number of phenols is 1. The number of hydrogen-bond acceptors (Lipinski definition) is 5. The summed E-state index contributed by atoms with van der Waals surface area (Å²) in [5.41, 5.74) is 0.906. The first kappa shape index (κ1) is 11.0. The Bertz CT molecular complexity index is 632. The molecule has 18 heavy (non-hydrogen) atoms. The van der Waals surface area contributed by atoms with E-state index in [1.807, 2.05) is 0 Å². The van der Waals surface area contributed by atoms with Crippen LogP contribution in [0.25, 0.3) is 10.9 Å². The van der Waals surface area contributed by atoms with Gasteiger partial charge in [0.05, 0.1) is 24.9 Å². The Balaban J connectivity index is 2.14. The van der Waals surface area contributed by atoms with Gasteiger partial charge in [-0.15, -0.1) is 0 Å². The predicted octanol–water partition coefficient (Wildman–Crippen LogP) is 0.465. The van der Waals surface area contributed by atoms with Crippen molar-refractivity contribution in [2.75, 3.05) is 31.2 Å². The fraction of sp³-hybridized carbons (Fsp3) is 0.333. The maximum atomic E-state index is 11.7. The smallest absolute Gasteiger partial charge is 0.258 e. The number of aromatic amines is 1. The first-order valence-corrected chi connectivity index (χ1v) is 5.79. The van der Waals surface area contributed by atoms with E-state index in [9.17, 15) is 9.90 Å². The molecule has 0 amide bonds. The Morgan fingerprint density at radius 1 is 1.33 bits per heavy atom. The average molecular weight is 247 g/mol. The van der Waals surface area contributed by atoms with Gasteiger partial charge in [0.25, 0.3) is 5.56 Å². The van der Waals surface area contributed by atoms with Crippen LogP contribution in [0.15, 0.2) is 23.3 Å². The topological polar surface area (TPSA) is 78.5 Å². The van der Waals surface area contributed by atoms with Crippen LogP contribution in [-0.4, -0.2) is 41.4 Å². The molecule has 1 aliphatic rings. The minimum absolute atomic E-state index is 0.0279. The zero-order chi connectivity index (χ0) is 12.5. The molecule has 6 heteroatoms. The zero-order valence-corrected chi connectivity index (χ0v) is 9.72. The molecule has 0 spiro atoms. The van der Waals surface area contributed by atoms with Gasteiger partial charge in [0.15, 0.2) is 0 Å². The molecule has 1 fully saturated rings. The number of aromatic hydroxyl groups is 1. The Kier molecular flexibility index (Phi) is 2.64. The van der Waals surface area contributed by atoms with Gasteiger partial charge >= 0.3 is 0 Å². The van der Waals surface area contributed by atoms with Crippen molar-refractivity contribution in [2.45, 2.75) is 0 Å². The van der Waals surface area contributed by atoms with Gasteiger partial charge in [-0.2, -0.15) is 0 Å². The molecule has 94 valence electrons. The molecule has 1 saturated heterocycles. The second kappa shape index (κ2) is 4.30. The largest absolute Gasteiger partial charge is 0.506 e. The Morgan fingerprint density at radius 3 is 2.89 bits per heavy atom. The van der Waals surface area contributed by atoms with Crippen LogP contribution >= 0.6 is 0 Å². The number of hydrogen-bond donors (Lipinski definition) is 2. The third kappa shape index (κ3) is 1.80. The molecule has 1 aliphatic heterocycles. The van der Waals surface area contributed by atoms with E-state index in [1.165, 1.54) is 6.33 Å². The molecule has 6 nitrogen and oxygen atoms in total. The summed E-state index contributed by atoms with van der Waals surface area (Å²) < 4.78 is 5.28. The van der Waals surface area contributed by atoms with Gasteiger partial charge in [0.2, 0.25) is 0 Å². The van der Waals surface area contributed by atoms with Crippen molar-refractivity contribution >= 4 is 16.6 Å². The van der Waals surface area contributed by atoms with E-state index in [-0.39, 0.29) is 11.3 Å². The summed E-state index contributed by atoms with van der Waals surface area (Å²) in [6.45, 7) is 2.82. The van der Waals surface area contributed by atoms with E-state index in [1.54, 1.807) is 12.1 Å². The lowest BCUT2D eigenvalue weighted by Crippen LogP contribution is -2.36. The summed E-state index contributed by atoms with van der Waals surface area (Å²) in [6, 6.07) is 3.40. The average Bonchev–Trinajstić information content (AvgIpc) is 2.41. The van der Waals surface area contributed by atoms with Gasteiger partial charge in [-0.05, 0) is 6.07 Å². The van der Waals surface area contributed by atoms with Crippen molar-refractivity contribution in [1.82, 2.24) is 9.97 Å².